The Morgan fingerprint density at radius 1 is 0.558 bits per heavy atom. The normalized spacial score (nSPS) is 12.0. The van der Waals surface area contributed by atoms with Crippen molar-refractivity contribution in [2.45, 2.75) is 214 Å². The molecule has 2 aromatic rings. The Balaban J connectivity index is 1.37. The Labute approximate surface area is 317 Å². The molecule has 0 aliphatic carbocycles. The zero-order valence-electron chi connectivity index (χ0n) is 33.8. The predicted octanol–water partition coefficient (Wildman–Crippen LogP) is 12.2. The fourth-order valence-corrected chi connectivity index (χ4v) is 6.88. The molecule has 1 N–H and O–H groups in total. The Morgan fingerprint density at radius 2 is 0.942 bits per heavy atom. The summed E-state index contributed by atoms with van der Waals surface area (Å²) in [6.07, 6.45) is 29.4. The topological polar surface area (TPSA) is 99.1 Å². The van der Waals surface area contributed by atoms with Gasteiger partial charge < -0.3 is 23.4 Å². The zero-order chi connectivity index (χ0) is 37.7. The van der Waals surface area contributed by atoms with Gasteiger partial charge in [-0.25, -0.2) is 0 Å². The number of esters is 2. The molecule has 0 aromatic carbocycles. The predicted molar refractivity (Wildman–Crippen MR) is 212 cm³/mol. The second kappa shape index (κ2) is 29.9. The Hall–Kier alpha value is -2.54. The van der Waals surface area contributed by atoms with Crippen LogP contribution in [0.15, 0.2) is 21.0 Å². The summed E-state index contributed by atoms with van der Waals surface area (Å²) in [5, 5.41) is 9.62. The van der Waals surface area contributed by atoms with Crippen LogP contribution in [0.5, 0.6) is 0 Å². The first-order valence-electron chi connectivity index (χ1n) is 21.5. The molecule has 0 aliphatic rings. The van der Waals surface area contributed by atoms with Crippen molar-refractivity contribution in [2.75, 3.05) is 13.2 Å². The van der Waals surface area contributed by atoms with Crippen molar-refractivity contribution >= 4 is 11.9 Å². The average molecular weight is 729 g/mol. The minimum absolute atomic E-state index is 0.0857. The standard InChI is InChI=1S/C45H76O7/c1-5-7-21-27-39-33-37(3)42(50-39)29-23-17-13-11-9-10-12-14-19-25-31-44(47)49-36-41(35-46)52-45(48)32-26-20-16-15-18-24-30-43-38(4)34-40(51-43)28-22-8-6-2/h33-34,41,46H,5-32,35-36H2,1-4H3/t41-/m0/s1. The summed E-state index contributed by atoms with van der Waals surface area (Å²) in [6.45, 7) is 8.35. The van der Waals surface area contributed by atoms with Crippen LogP contribution in [0.2, 0.25) is 0 Å². The lowest BCUT2D eigenvalue weighted by molar-refractivity contribution is -0.161. The lowest BCUT2D eigenvalue weighted by Gasteiger charge is -2.15. The molecule has 0 fully saturated rings. The van der Waals surface area contributed by atoms with Gasteiger partial charge in [0.1, 0.15) is 29.6 Å². The molecule has 0 amide bonds. The van der Waals surface area contributed by atoms with Crippen LogP contribution in [0, 0.1) is 13.8 Å². The number of unbranched alkanes of at least 4 members (excludes halogenated alkanes) is 18. The monoisotopic (exact) mass is 729 g/mol. The smallest absolute Gasteiger partial charge is 0.306 e. The second-order valence-corrected chi connectivity index (χ2v) is 15.2. The fraction of sp³-hybridized carbons (Fsp3) is 0.778. The van der Waals surface area contributed by atoms with Gasteiger partial charge in [-0.3, -0.25) is 9.59 Å². The highest BCUT2D eigenvalue weighted by Gasteiger charge is 2.16. The van der Waals surface area contributed by atoms with Crippen molar-refractivity contribution in [1.29, 1.82) is 0 Å². The van der Waals surface area contributed by atoms with Crippen LogP contribution >= 0.6 is 0 Å². The minimum atomic E-state index is -0.795. The molecule has 0 bridgehead atoms. The van der Waals surface area contributed by atoms with E-state index in [0.717, 1.165) is 101 Å². The van der Waals surface area contributed by atoms with E-state index >= 15 is 0 Å². The molecule has 2 heterocycles. The van der Waals surface area contributed by atoms with Crippen LogP contribution in [-0.4, -0.2) is 36.4 Å². The highest BCUT2D eigenvalue weighted by molar-refractivity contribution is 5.70. The minimum Gasteiger partial charge on any atom is -0.466 e. The average Bonchev–Trinajstić information content (AvgIpc) is 3.67. The van der Waals surface area contributed by atoms with Crippen LogP contribution in [0.3, 0.4) is 0 Å². The van der Waals surface area contributed by atoms with Crippen LogP contribution in [0.1, 0.15) is 202 Å². The van der Waals surface area contributed by atoms with Gasteiger partial charge in [0.15, 0.2) is 6.10 Å². The van der Waals surface area contributed by atoms with Crippen LogP contribution in [0.25, 0.3) is 0 Å². The van der Waals surface area contributed by atoms with Crippen LogP contribution < -0.4 is 0 Å². The number of hydrogen-bond acceptors (Lipinski definition) is 7. The van der Waals surface area contributed by atoms with Gasteiger partial charge >= 0.3 is 11.9 Å². The largest absolute Gasteiger partial charge is 0.466 e. The first-order valence-corrected chi connectivity index (χ1v) is 21.5. The van der Waals surface area contributed by atoms with Crippen molar-refractivity contribution in [3.63, 3.8) is 0 Å². The number of aliphatic hydroxyl groups excluding tert-OH is 1. The van der Waals surface area contributed by atoms with Gasteiger partial charge in [-0.05, 0) is 75.6 Å². The number of aliphatic hydroxyl groups is 1. The van der Waals surface area contributed by atoms with Crippen molar-refractivity contribution < 1.29 is 33.0 Å². The van der Waals surface area contributed by atoms with Gasteiger partial charge in [0, 0.05) is 38.5 Å². The summed E-state index contributed by atoms with van der Waals surface area (Å²) in [5.41, 5.74) is 2.59. The summed E-state index contributed by atoms with van der Waals surface area (Å²) < 4.78 is 22.8. The van der Waals surface area contributed by atoms with Gasteiger partial charge in [0.2, 0.25) is 0 Å². The Bertz CT molecular complexity index is 1180. The zero-order valence-corrected chi connectivity index (χ0v) is 33.8. The molecule has 1 atom stereocenters. The maximum absolute atomic E-state index is 12.3. The molecule has 0 radical (unpaired) electrons. The van der Waals surface area contributed by atoms with Crippen LogP contribution in [-0.2, 0) is 44.7 Å². The van der Waals surface area contributed by atoms with E-state index in [-0.39, 0.29) is 25.2 Å². The first kappa shape index (κ1) is 45.6. The number of carbonyl (C=O) groups is 2. The van der Waals surface area contributed by atoms with Gasteiger partial charge in [0.25, 0.3) is 0 Å². The molecule has 2 rings (SSSR count). The highest BCUT2D eigenvalue weighted by atomic mass is 16.6. The van der Waals surface area contributed by atoms with Crippen molar-refractivity contribution in [2.24, 2.45) is 0 Å². The number of ether oxygens (including phenoxy) is 2. The SMILES string of the molecule is CCCCCc1cc(C)c(CCCCCCCCCCCCC(=O)OC[C@H](CO)OC(=O)CCCCCCCCc2oc(CCCCC)cc2C)o1. The van der Waals surface area contributed by atoms with E-state index in [4.69, 9.17) is 18.3 Å². The summed E-state index contributed by atoms with van der Waals surface area (Å²) in [4.78, 5) is 24.4. The molecule has 0 saturated heterocycles. The molecule has 0 saturated carbocycles. The van der Waals surface area contributed by atoms with E-state index < -0.39 is 6.10 Å². The second-order valence-electron chi connectivity index (χ2n) is 15.2. The van der Waals surface area contributed by atoms with Crippen molar-refractivity contribution in [3.8, 4) is 0 Å². The van der Waals surface area contributed by atoms with E-state index in [9.17, 15) is 14.7 Å². The third kappa shape index (κ3) is 21.9. The molecule has 298 valence electrons. The molecule has 0 spiro atoms. The summed E-state index contributed by atoms with van der Waals surface area (Å²) >= 11 is 0. The maximum atomic E-state index is 12.3. The highest BCUT2D eigenvalue weighted by Crippen LogP contribution is 2.22. The number of hydrogen-bond donors (Lipinski definition) is 1. The molecule has 7 nitrogen and oxygen atoms in total. The number of aryl methyl sites for hydroxylation is 6. The fourth-order valence-electron chi connectivity index (χ4n) is 6.88. The maximum Gasteiger partial charge on any atom is 0.306 e. The third-order valence-electron chi connectivity index (χ3n) is 10.2. The summed E-state index contributed by atoms with van der Waals surface area (Å²) in [5.74, 6) is 3.99. The van der Waals surface area contributed by atoms with E-state index in [0.29, 0.717) is 12.8 Å². The first-order chi connectivity index (χ1) is 25.4. The van der Waals surface area contributed by atoms with E-state index in [1.807, 2.05) is 0 Å². The molecule has 7 heteroatoms. The van der Waals surface area contributed by atoms with Gasteiger partial charge in [-0.1, -0.05) is 117 Å². The molecular weight excluding hydrogens is 652 g/mol. The van der Waals surface area contributed by atoms with Gasteiger partial charge in [-0.2, -0.15) is 0 Å². The molecule has 0 unspecified atom stereocenters. The van der Waals surface area contributed by atoms with E-state index in [2.05, 4.69) is 39.8 Å². The quantitative estimate of drug-likeness (QED) is 0.0565. The Morgan fingerprint density at radius 3 is 1.37 bits per heavy atom. The van der Waals surface area contributed by atoms with E-state index in [1.54, 1.807) is 0 Å². The van der Waals surface area contributed by atoms with Crippen LogP contribution in [0.4, 0.5) is 0 Å². The lowest BCUT2D eigenvalue weighted by atomic mass is 10.0. The molecule has 2 aromatic heterocycles. The number of carbonyl (C=O) groups excluding carboxylic acids is 2. The molecular formula is C45H76O7. The number of furan rings is 2. The molecule has 0 aliphatic heterocycles. The van der Waals surface area contributed by atoms with E-state index in [1.165, 1.54) is 100 Å². The lowest BCUT2D eigenvalue weighted by Crippen LogP contribution is -2.28. The number of rotatable bonds is 34. The Kier molecular flexibility index (Phi) is 26.2. The summed E-state index contributed by atoms with van der Waals surface area (Å²) in [6, 6.07) is 4.44. The third-order valence-corrected chi connectivity index (χ3v) is 10.2. The van der Waals surface area contributed by atoms with Gasteiger partial charge in [-0.15, -0.1) is 0 Å². The summed E-state index contributed by atoms with van der Waals surface area (Å²) in [7, 11) is 0. The van der Waals surface area contributed by atoms with Gasteiger partial charge in [0.05, 0.1) is 6.61 Å². The van der Waals surface area contributed by atoms with Crippen molar-refractivity contribution in [1.82, 2.24) is 0 Å². The molecule has 52 heavy (non-hydrogen) atoms. The van der Waals surface area contributed by atoms with Crippen molar-refractivity contribution in [3.05, 3.63) is 46.3 Å².